The van der Waals surface area contributed by atoms with Crippen molar-refractivity contribution in [2.75, 3.05) is 5.73 Å². The first-order valence-electron chi connectivity index (χ1n) is 7.76. The second kappa shape index (κ2) is 7.42. The number of benzene rings is 1. The zero-order valence-electron chi connectivity index (χ0n) is 13.8. The number of nitrogen functional groups attached to an aromatic ring is 1. The fourth-order valence-electron chi connectivity index (χ4n) is 2.26. The van der Waals surface area contributed by atoms with Crippen LogP contribution in [0.5, 0.6) is 5.75 Å². The van der Waals surface area contributed by atoms with Gasteiger partial charge in [0.1, 0.15) is 5.75 Å². The van der Waals surface area contributed by atoms with Gasteiger partial charge in [0.15, 0.2) is 5.69 Å². The van der Waals surface area contributed by atoms with E-state index in [-0.39, 0.29) is 23.1 Å². The highest BCUT2D eigenvalue weighted by molar-refractivity contribution is 5.94. The van der Waals surface area contributed by atoms with Gasteiger partial charge in [-0.3, -0.25) is 4.79 Å². The number of hydrogen-bond donors (Lipinski definition) is 3. The van der Waals surface area contributed by atoms with Crippen LogP contribution in [0.3, 0.4) is 0 Å². The number of carbonyl (C=O) groups excluding carboxylic acids is 1. The molecule has 1 amide bonds. The molecule has 0 aliphatic heterocycles. The summed E-state index contributed by atoms with van der Waals surface area (Å²) >= 11 is 0. The molecule has 134 valence electrons. The lowest BCUT2D eigenvalue weighted by molar-refractivity contribution is 0.0949. The van der Waals surface area contributed by atoms with Gasteiger partial charge in [-0.25, -0.2) is 10.1 Å². The maximum absolute atomic E-state index is 12.4. The molecular formula is C15H16N8O3. The van der Waals surface area contributed by atoms with Crippen LogP contribution >= 0.6 is 0 Å². The predicted molar refractivity (Wildman–Crippen MR) is 90.8 cm³/mol. The summed E-state index contributed by atoms with van der Waals surface area (Å²) in [6, 6.07) is 6.60. The van der Waals surface area contributed by atoms with Crippen molar-refractivity contribution in [1.29, 1.82) is 0 Å². The molecule has 2 aromatic heterocycles. The Kier molecular flexibility index (Phi) is 4.87. The van der Waals surface area contributed by atoms with Crippen molar-refractivity contribution in [3.8, 4) is 11.6 Å². The van der Waals surface area contributed by atoms with E-state index >= 15 is 0 Å². The minimum atomic E-state index is -0.554. The number of nitrogens with one attached hydrogen (secondary N) is 1. The molecule has 26 heavy (non-hydrogen) atoms. The number of hydrogen-bond acceptors (Lipinski definition) is 9. The SMILES string of the molecule is CCCc1c(C(=O)N/N=C\c2ccccc2O)nnn1-c1nonc1N. The van der Waals surface area contributed by atoms with Crippen molar-refractivity contribution < 1.29 is 14.5 Å². The Morgan fingerprint density at radius 2 is 2.23 bits per heavy atom. The van der Waals surface area contributed by atoms with Crippen molar-refractivity contribution in [1.82, 2.24) is 30.7 Å². The van der Waals surface area contributed by atoms with Crippen molar-refractivity contribution >= 4 is 17.9 Å². The Morgan fingerprint density at radius 1 is 1.42 bits per heavy atom. The molecular weight excluding hydrogens is 340 g/mol. The Balaban J connectivity index is 1.82. The fourth-order valence-corrected chi connectivity index (χ4v) is 2.26. The topological polar surface area (TPSA) is 157 Å². The predicted octanol–water partition coefficient (Wildman–Crippen LogP) is 0.654. The van der Waals surface area contributed by atoms with Crippen molar-refractivity contribution in [3.63, 3.8) is 0 Å². The maximum atomic E-state index is 12.4. The standard InChI is InChI=1S/C15H16N8O3/c1-2-5-10-12(18-22-23(10)14-13(16)20-26-21-14)15(25)19-17-8-9-6-3-4-7-11(9)24/h3-4,6-8,24H,2,5H2,1H3,(H2,16,20)(H,19,25)/b17-8-. The molecule has 11 nitrogen and oxygen atoms in total. The number of aromatic hydroxyl groups is 1. The summed E-state index contributed by atoms with van der Waals surface area (Å²) in [7, 11) is 0. The third kappa shape index (κ3) is 3.36. The summed E-state index contributed by atoms with van der Waals surface area (Å²) in [5, 5.41) is 28.5. The van der Waals surface area contributed by atoms with Crippen LogP contribution in [0, 0.1) is 0 Å². The molecule has 0 radical (unpaired) electrons. The summed E-state index contributed by atoms with van der Waals surface area (Å²) in [6.45, 7) is 1.94. The van der Waals surface area contributed by atoms with Gasteiger partial charge in [0, 0.05) is 5.56 Å². The number of phenols is 1. The van der Waals surface area contributed by atoms with Gasteiger partial charge in [0.25, 0.3) is 5.91 Å². The van der Waals surface area contributed by atoms with E-state index in [2.05, 4.69) is 35.8 Å². The summed E-state index contributed by atoms with van der Waals surface area (Å²) < 4.78 is 5.88. The molecule has 0 aliphatic carbocycles. The highest BCUT2D eigenvalue weighted by Gasteiger charge is 2.23. The smallest absolute Gasteiger partial charge is 0.293 e. The maximum Gasteiger partial charge on any atom is 0.293 e. The highest BCUT2D eigenvalue weighted by Crippen LogP contribution is 2.17. The molecule has 0 spiro atoms. The first kappa shape index (κ1) is 17.1. The molecule has 0 saturated heterocycles. The summed E-state index contributed by atoms with van der Waals surface area (Å²) in [5.41, 5.74) is 9.09. The van der Waals surface area contributed by atoms with Gasteiger partial charge in [-0.15, -0.1) is 5.10 Å². The van der Waals surface area contributed by atoms with Crippen LogP contribution in [0.4, 0.5) is 5.82 Å². The van der Waals surface area contributed by atoms with E-state index < -0.39 is 5.91 Å². The molecule has 0 fully saturated rings. The Morgan fingerprint density at radius 3 is 2.92 bits per heavy atom. The Hall–Kier alpha value is -3.76. The normalized spacial score (nSPS) is 11.1. The Bertz CT molecular complexity index is 946. The van der Waals surface area contributed by atoms with E-state index in [1.54, 1.807) is 18.2 Å². The number of anilines is 1. The summed E-state index contributed by atoms with van der Waals surface area (Å²) in [6.07, 6.45) is 2.57. The molecule has 0 aliphatic rings. The van der Waals surface area contributed by atoms with E-state index in [4.69, 9.17) is 5.73 Å². The molecule has 3 rings (SSSR count). The molecule has 0 atom stereocenters. The highest BCUT2D eigenvalue weighted by atomic mass is 16.6. The first-order chi connectivity index (χ1) is 12.6. The molecule has 1 aromatic carbocycles. The van der Waals surface area contributed by atoms with E-state index in [9.17, 15) is 9.90 Å². The average Bonchev–Trinajstić information content (AvgIpc) is 3.23. The molecule has 0 bridgehead atoms. The molecule has 4 N–H and O–H groups in total. The lowest BCUT2D eigenvalue weighted by Gasteiger charge is -2.03. The number of phenolic OH excluding ortho intramolecular Hbond substituents is 1. The molecule has 0 unspecified atom stereocenters. The lowest BCUT2D eigenvalue weighted by Crippen LogP contribution is -2.20. The zero-order valence-corrected chi connectivity index (χ0v) is 13.8. The van der Waals surface area contributed by atoms with Crippen LogP contribution in [0.15, 0.2) is 34.0 Å². The van der Waals surface area contributed by atoms with Crippen LogP contribution in [0.25, 0.3) is 5.82 Å². The van der Waals surface area contributed by atoms with Gasteiger partial charge in [-0.2, -0.15) is 9.78 Å². The van der Waals surface area contributed by atoms with Crippen molar-refractivity contribution in [3.05, 3.63) is 41.2 Å². The van der Waals surface area contributed by atoms with Crippen LogP contribution in [-0.2, 0) is 6.42 Å². The van der Waals surface area contributed by atoms with Crippen LogP contribution < -0.4 is 11.2 Å². The van der Waals surface area contributed by atoms with Gasteiger partial charge in [0.2, 0.25) is 11.6 Å². The largest absolute Gasteiger partial charge is 0.507 e. The minimum absolute atomic E-state index is 0.0387. The van der Waals surface area contributed by atoms with Gasteiger partial charge in [-0.05, 0) is 28.9 Å². The average molecular weight is 356 g/mol. The Labute approximate surface area is 147 Å². The monoisotopic (exact) mass is 356 g/mol. The lowest BCUT2D eigenvalue weighted by atomic mass is 10.2. The van der Waals surface area contributed by atoms with Crippen molar-refractivity contribution in [2.24, 2.45) is 5.10 Å². The third-order valence-electron chi connectivity index (χ3n) is 3.47. The van der Waals surface area contributed by atoms with Crippen molar-refractivity contribution in [2.45, 2.75) is 19.8 Å². The molecule has 11 heteroatoms. The van der Waals surface area contributed by atoms with Gasteiger partial charge in [0.05, 0.1) is 11.9 Å². The number of aromatic nitrogens is 5. The molecule has 0 saturated carbocycles. The van der Waals surface area contributed by atoms with E-state index in [1.165, 1.54) is 17.0 Å². The van der Waals surface area contributed by atoms with E-state index in [1.807, 2.05) is 6.92 Å². The first-order valence-corrected chi connectivity index (χ1v) is 7.76. The van der Waals surface area contributed by atoms with Crippen LogP contribution in [0.2, 0.25) is 0 Å². The second-order valence-electron chi connectivity index (χ2n) is 5.28. The summed E-state index contributed by atoms with van der Waals surface area (Å²) in [5.74, 6) is -0.298. The third-order valence-corrected chi connectivity index (χ3v) is 3.47. The second-order valence-corrected chi connectivity index (χ2v) is 5.28. The number of hydrazone groups is 1. The number of amides is 1. The number of nitrogens with zero attached hydrogens (tertiary/aromatic N) is 6. The van der Waals surface area contributed by atoms with Gasteiger partial charge >= 0.3 is 0 Å². The number of carbonyl (C=O) groups is 1. The minimum Gasteiger partial charge on any atom is -0.507 e. The van der Waals surface area contributed by atoms with Crippen LogP contribution in [-0.4, -0.2) is 42.5 Å². The molecule has 3 aromatic rings. The number of rotatable bonds is 6. The fraction of sp³-hybridized carbons (Fsp3) is 0.200. The quantitative estimate of drug-likeness (QED) is 0.429. The van der Waals surface area contributed by atoms with Gasteiger partial charge < -0.3 is 10.8 Å². The zero-order chi connectivity index (χ0) is 18.5. The number of nitrogens with two attached hydrogens (primary N) is 1. The van der Waals surface area contributed by atoms with E-state index in [0.29, 0.717) is 17.7 Å². The van der Waals surface area contributed by atoms with Gasteiger partial charge in [-0.1, -0.05) is 30.7 Å². The van der Waals surface area contributed by atoms with E-state index in [0.717, 1.165) is 6.42 Å². The summed E-state index contributed by atoms with van der Waals surface area (Å²) in [4.78, 5) is 12.4. The number of para-hydroxylation sites is 1. The molecule has 2 heterocycles. The van der Waals surface area contributed by atoms with Crippen LogP contribution in [0.1, 0.15) is 35.1 Å².